The molecular weight excluding hydrogens is 236 g/mol. The van der Waals surface area contributed by atoms with Gasteiger partial charge in [0.2, 0.25) is 0 Å². The van der Waals surface area contributed by atoms with Crippen molar-refractivity contribution in [2.45, 2.75) is 45.4 Å². The monoisotopic (exact) mass is 268 g/mol. The van der Waals surface area contributed by atoms with Crippen molar-refractivity contribution in [2.24, 2.45) is 11.8 Å². The van der Waals surface area contributed by atoms with Crippen LogP contribution in [0.25, 0.3) is 0 Å². The lowest BCUT2D eigenvalue weighted by Gasteiger charge is -2.37. The minimum absolute atomic E-state index is 0.382. The summed E-state index contributed by atoms with van der Waals surface area (Å²) in [5, 5.41) is 9.76. The molecular formula is C16H32N2O. The minimum Gasteiger partial charge on any atom is -0.396 e. The van der Waals surface area contributed by atoms with E-state index in [0.29, 0.717) is 12.5 Å². The predicted molar refractivity (Wildman–Crippen MR) is 80.3 cm³/mol. The molecule has 0 aromatic carbocycles. The van der Waals surface area contributed by atoms with E-state index in [0.717, 1.165) is 12.5 Å². The summed E-state index contributed by atoms with van der Waals surface area (Å²) in [7, 11) is 0. The van der Waals surface area contributed by atoms with Crippen LogP contribution < -0.4 is 0 Å². The van der Waals surface area contributed by atoms with Crippen LogP contribution in [-0.2, 0) is 0 Å². The Hall–Kier alpha value is -0.120. The van der Waals surface area contributed by atoms with E-state index in [-0.39, 0.29) is 0 Å². The molecule has 2 fully saturated rings. The van der Waals surface area contributed by atoms with Gasteiger partial charge in [-0.05, 0) is 70.2 Å². The van der Waals surface area contributed by atoms with E-state index in [1.165, 1.54) is 71.2 Å². The lowest BCUT2D eigenvalue weighted by atomic mass is 9.84. The highest BCUT2D eigenvalue weighted by Gasteiger charge is 2.27. The average Bonchev–Trinajstić information content (AvgIpc) is 2.73. The zero-order valence-electron chi connectivity index (χ0n) is 12.7. The summed E-state index contributed by atoms with van der Waals surface area (Å²) in [5.74, 6) is 1.26. The molecule has 0 bridgehead atoms. The van der Waals surface area contributed by atoms with Gasteiger partial charge in [0, 0.05) is 13.2 Å². The van der Waals surface area contributed by atoms with Crippen molar-refractivity contribution < 1.29 is 5.11 Å². The fourth-order valence-corrected chi connectivity index (χ4v) is 3.75. The maximum absolute atomic E-state index is 9.76. The molecule has 0 saturated carbocycles. The first-order chi connectivity index (χ1) is 9.33. The molecule has 0 aromatic heterocycles. The maximum atomic E-state index is 9.76. The fourth-order valence-electron chi connectivity index (χ4n) is 3.75. The lowest BCUT2D eigenvalue weighted by Crippen LogP contribution is -2.41. The Morgan fingerprint density at radius 1 is 0.947 bits per heavy atom. The number of likely N-dealkylation sites (tertiary alicyclic amines) is 2. The summed E-state index contributed by atoms with van der Waals surface area (Å²) in [5.41, 5.74) is 0. The molecule has 0 amide bonds. The van der Waals surface area contributed by atoms with Gasteiger partial charge in [0.05, 0.1) is 0 Å². The number of rotatable bonds is 5. The Bertz CT molecular complexity index is 231. The second kappa shape index (κ2) is 8.23. The van der Waals surface area contributed by atoms with Crippen LogP contribution in [0.15, 0.2) is 0 Å². The lowest BCUT2D eigenvalue weighted by molar-refractivity contribution is 0.0807. The van der Waals surface area contributed by atoms with Crippen LogP contribution in [0, 0.1) is 11.8 Å². The van der Waals surface area contributed by atoms with Crippen molar-refractivity contribution in [3.63, 3.8) is 0 Å². The van der Waals surface area contributed by atoms with E-state index in [2.05, 4.69) is 16.7 Å². The predicted octanol–water partition coefficient (Wildman–Crippen LogP) is 2.20. The molecule has 0 spiro atoms. The molecule has 1 atom stereocenters. The molecule has 2 aliphatic rings. The molecule has 2 aliphatic heterocycles. The molecule has 3 heteroatoms. The van der Waals surface area contributed by atoms with Gasteiger partial charge in [-0.1, -0.05) is 19.8 Å². The van der Waals surface area contributed by atoms with Crippen molar-refractivity contribution >= 4 is 0 Å². The largest absolute Gasteiger partial charge is 0.396 e. The molecule has 1 N–H and O–H groups in total. The normalized spacial score (nSPS) is 26.2. The maximum Gasteiger partial charge on any atom is 0.0474 e. The smallest absolute Gasteiger partial charge is 0.0474 e. The number of aliphatic hydroxyl groups excluding tert-OH is 1. The third-order valence-electron chi connectivity index (χ3n) is 5.17. The number of hydrogen-bond acceptors (Lipinski definition) is 3. The fraction of sp³-hybridized carbons (Fsp3) is 1.00. The highest BCUT2D eigenvalue weighted by molar-refractivity contribution is 4.80. The van der Waals surface area contributed by atoms with Gasteiger partial charge in [0.25, 0.3) is 0 Å². The molecule has 3 nitrogen and oxygen atoms in total. The number of aliphatic hydroxyl groups is 1. The van der Waals surface area contributed by atoms with Crippen molar-refractivity contribution in [1.82, 2.24) is 9.80 Å². The van der Waals surface area contributed by atoms with Gasteiger partial charge in [-0.15, -0.1) is 0 Å². The van der Waals surface area contributed by atoms with Crippen LogP contribution in [0.4, 0.5) is 0 Å². The summed E-state index contributed by atoms with van der Waals surface area (Å²) in [4.78, 5) is 5.15. The van der Waals surface area contributed by atoms with Crippen molar-refractivity contribution in [2.75, 3.05) is 45.9 Å². The van der Waals surface area contributed by atoms with E-state index in [1.54, 1.807) is 0 Å². The molecule has 2 heterocycles. The van der Waals surface area contributed by atoms with E-state index in [4.69, 9.17) is 0 Å². The molecule has 0 aromatic rings. The van der Waals surface area contributed by atoms with E-state index < -0.39 is 0 Å². The summed E-state index contributed by atoms with van der Waals surface area (Å²) < 4.78 is 0. The molecule has 1 unspecified atom stereocenters. The first-order valence-electron chi connectivity index (χ1n) is 8.39. The van der Waals surface area contributed by atoms with Crippen molar-refractivity contribution in [1.29, 1.82) is 0 Å². The van der Waals surface area contributed by atoms with E-state index in [1.807, 2.05) is 0 Å². The molecule has 0 aliphatic carbocycles. The molecule has 2 saturated heterocycles. The van der Waals surface area contributed by atoms with E-state index >= 15 is 0 Å². The molecule has 112 valence electrons. The summed E-state index contributed by atoms with van der Waals surface area (Å²) in [6, 6.07) is 0. The Kier molecular flexibility index (Phi) is 6.62. The molecule has 2 rings (SSSR count). The average molecular weight is 268 g/mol. The number of nitrogens with zero attached hydrogens (tertiary/aromatic N) is 2. The van der Waals surface area contributed by atoms with Gasteiger partial charge in [-0.25, -0.2) is 0 Å². The minimum atomic E-state index is 0.382. The highest BCUT2D eigenvalue weighted by Crippen LogP contribution is 2.26. The van der Waals surface area contributed by atoms with Crippen LogP contribution in [0.1, 0.15) is 45.4 Å². The van der Waals surface area contributed by atoms with Crippen LogP contribution >= 0.6 is 0 Å². The van der Waals surface area contributed by atoms with Gasteiger partial charge in [-0.2, -0.15) is 0 Å². The standard InChI is InChI=1S/C16H32N2O/c1-2-17-11-7-15(8-12-17)16(14-19)13-18-9-5-3-4-6-10-18/h15-16,19H,2-14H2,1H3. The Labute approximate surface area is 119 Å². The SMILES string of the molecule is CCN1CCC(C(CO)CN2CCCCCC2)CC1. The number of hydrogen-bond donors (Lipinski definition) is 1. The summed E-state index contributed by atoms with van der Waals surface area (Å²) >= 11 is 0. The van der Waals surface area contributed by atoms with Crippen LogP contribution in [-0.4, -0.2) is 60.8 Å². The van der Waals surface area contributed by atoms with Gasteiger partial charge < -0.3 is 14.9 Å². The molecule has 0 radical (unpaired) electrons. The summed E-state index contributed by atoms with van der Waals surface area (Å²) in [6.07, 6.45) is 8.07. The second-order valence-corrected chi connectivity index (χ2v) is 6.43. The van der Waals surface area contributed by atoms with E-state index in [9.17, 15) is 5.11 Å². The quantitative estimate of drug-likeness (QED) is 0.828. The van der Waals surface area contributed by atoms with Crippen LogP contribution in [0.3, 0.4) is 0 Å². The second-order valence-electron chi connectivity index (χ2n) is 6.43. The van der Waals surface area contributed by atoms with Crippen LogP contribution in [0.5, 0.6) is 0 Å². The van der Waals surface area contributed by atoms with Gasteiger partial charge in [-0.3, -0.25) is 0 Å². The first kappa shape index (κ1) is 15.3. The number of piperidine rings is 1. The van der Waals surface area contributed by atoms with Gasteiger partial charge >= 0.3 is 0 Å². The topological polar surface area (TPSA) is 26.7 Å². The van der Waals surface area contributed by atoms with Crippen molar-refractivity contribution in [3.8, 4) is 0 Å². The Morgan fingerprint density at radius 3 is 2.11 bits per heavy atom. The Morgan fingerprint density at radius 2 is 1.58 bits per heavy atom. The van der Waals surface area contributed by atoms with Crippen molar-refractivity contribution in [3.05, 3.63) is 0 Å². The first-order valence-corrected chi connectivity index (χ1v) is 8.39. The third-order valence-corrected chi connectivity index (χ3v) is 5.17. The third kappa shape index (κ3) is 4.73. The Balaban J connectivity index is 1.78. The highest BCUT2D eigenvalue weighted by atomic mass is 16.3. The molecule has 19 heavy (non-hydrogen) atoms. The zero-order chi connectivity index (χ0) is 13.5. The van der Waals surface area contributed by atoms with Gasteiger partial charge in [0.1, 0.15) is 0 Å². The van der Waals surface area contributed by atoms with Crippen LogP contribution in [0.2, 0.25) is 0 Å². The summed E-state index contributed by atoms with van der Waals surface area (Å²) in [6.45, 7) is 9.92. The van der Waals surface area contributed by atoms with Gasteiger partial charge in [0.15, 0.2) is 0 Å². The zero-order valence-corrected chi connectivity index (χ0v) is 12.7.